The molecule has 3 rings (SSSR count). The number of nitrogens with one attached hydrogen (secondary N) is 2. The standard InChI is InChI=1S/C14H18N2O2/c17-14(9-15-11-5-6-11)16-8-12-7-10-3-1-2-4-13(10)18-12/h1-4,11-12,15H,5-9H2,(H,16,17). The van der Waals surface area contributed by atoms with Gasteiger partial charge in [-0.15, -0.1) is 0 Å². The molecule has 0 radical (unpaired) electrons. The quantitative estimate of drug-likeness (QED) is 0.810. The van der Waals surface area contributed by atoms with Crippen LogP contribution in [0.3, 0.4) is 0 Å². The molecule has 1 aromatic rings. The van der Waals surface area contributed by atoms with Gasteiger partial charge in [0.1, 0.15) is 11.9 Å². The predicted molar refractivity (Wildman–Crippen MR) is 68.6 cm³/mol. The second-order valence-corrected chi connectivity index (χ2v) is 5.01. The molecule has 0 bridgehead atoms. The Morgan fingerprint density at radius 2 is 2.17 bits per heavy atom. The molecule has 1 saturated carbocycles. The van der Waals surface area contributed by atoms with E-state index >= 15 is 0 Å². The number of hydrogen-bond donors (Lipinski definition) is 2. The van der Waals surface area contributed by atoms with Gasteiger partial charge >= 0.3 is 0 Å². The van der Waals surface area contributed by atoms with Crippen molar-refractivity contribution in [3.8, 4) is 5.75 Å². The van der Waals surface area contributed by atoms with Crippen molar-refractivity contribution >= 4 is 5.91 Å². The van der Waals surface area contributed by atoms with E-state index in [4.69, 9.17) is 4.74 Å². The highest BCUT2D eigenvalue weighted by molar-refractivity contribution is 5.78. The van der Waals surface area contributed by atoms with Crippen molar-refractivity contribution in [3.63, 3.8) is 0 Å². The monoisotopic (exact) mass is 246 g/mol. The Bertz CT molecular complexity index is 418. The zero-order chi connectivity index (χ0) is 12.4. The number of para-hydroxylation sites is 1. The summed E-state index contributed by atoms with van der Waals surface area (Å²) < 4.78 is 5.76. The van der Waals surface area contributed by atoms with Crippen LogP contribution in [0.25, 0.3) is 0 Å². The SMILES string of the molecule is O=C(CNC1CC1)NCC1Cc2ccccc2O1. The second kappa shape index (κ2) is 4.98. The van der Waals surface area contributed by atoms with Crippen LogP contribution >= 0.6 is 0 Å². The molecule has 2 N–H and O–H groups in total. The minimum atomic E-state index is 0.0569. The molecule has 18 heavy (non-hydrogen) atoms. The van der Waals surface area contributed by atoms with Gasteiger partial charge in [-0.25, -0.2) is 0 Å². The highest BCUT2D eigenvalue weighted by atomic mass is 16.5. The molecule has 1 aromatic carbocycles. The fourth-order valence-electron chi connectivity index (χ4n) is 2.18. The topological polar surface area (TPSA) is 50.4 Å². The molecule has 0 aromatic heterocycles. The van der Waals surface area contributed by atoms with Crippen LogP contribution in [0.2, 0.25) is 0 Å². The number of fused-ring (bicyclic) bond motifs is 1. The van der Waals surface area contributed by atoms with Gasteiger partial charge in [0.2, 0.25) is 5.91 Å². The average Bonchev–Trinajstić information content (AvgIpc) is 3.11. The fourth-order valence-corrected chi connectivity index (χ4v) is 2.18. The zero-order valence-corrected chi connectivity index (χ0v) is 10.3. The normalized spacial score (nSPS) is 21.2. The molecule has 96 valence electrons. The summed E-state index contributed by atoms with van der Waals surface area (Å²) >= 11 is 0. The maximum atomic E-state index is 11.6. The van der Waals surface area contributed by atoms with Crippen molar-refractivity contribution in [2.24, 2.45) is 0 Å². The Hall–Kier alpha value is -1.55. The third-order valence-corrected chi connectivity index (χ3v) is 3.37. The van der Waals surface area contributed by atoms with Crippen LogP contribution in [-0.4, -0.2) is 31.1 Å². The summed E-state index contributed by atoms with van der Waals surface area (Å²) in [6.07, 6.45) is 3.36. The second-order valence-electron chi connectivity index (χ2n) is 5.01. The first-order chi connectivity index (χ1) is 8.81. The molecule has 1 aliphatic carbocycles. The maximum Gasteiger partial charge on any atom is 0.234 e. The van der Waals surface area contributed by atoms with Gasteiger partial charge in [-0.3, -0.25) is 4.79 Å². The van der Waals surface area contributed by atoms with Gasteiger partial charge in [0.25, 0.3) is 0 Å². The molecule has 1 fully saturated rings. The molecule has 1 amide bonds. The molecule has 1 unspecified atom stereocenters. The van der Waals surface area contributed by atoms with Crippen LogP contribution in [0.5, 0.6) is 5.75 Å². The molecular weight excluding hydrogens is 228 g/mol. The minimum Gasteiger partial charge on any atom is -0.488 e. The van der Waals surface area contributed by atoms with Crippen LogP contribution in [0, 0.1) is 0 Å². The largest absolute Gasteiger partial charge is 0.488 e. The number of ether oxygens (including phenoxy) is 1. The fraction of sp³-hybridized carbons (Fsp3) is 0.500. The Morgan fingerprint density at radius 3 is 2.94 bits per heavy atom. The summed E-state index contributed by atoms with van der Waals surface area (Å²) in [4.78, 5) is 11.6. The summed E-state index contributed by atoms with van der Waals surface area (Å²) in [5.74, 6) is 1.01. The first-order valence-electron chi connectivity index (χ1n) is 6.56. The van der Waals surface area contributed by atoms with E-state index in [-0.39, 0.29) is 12.0 Å². The van der Waals surface area contributed by atoms with Crippen LogP contribution in [0.4, 0.5) is 0 Å². The smallest absolute Gasteiger partial charge is 0.234 e. The van der Waals surface area contributed by atoms with Gasteiger partial charge in [0, 0.05) is 12.5 Å². The highest BCUT2D eigenvalue weighted by Gasteiger charge is 2.24. The van der Waals surface area contributed by atoms with Crippen LogP contribution in [0.15, 0.2) is 24.3 Å². The molecule has 1 aliphatic heterocycles. The summed E-state index contributed by atoms with van der Waals surface area (Å²) in [5.41, 5.74) is 1.23. The lowest BCUT2D eigenvalue weighted by molar-refractivity contribution is -0.120. The third kappa shape index (κ3) is 2.82. The molecule has 0 spiro atoms. The first-order valence-corrected chi connectivity index (χ1v) is 6.56. The van der Waals surface area contributed by atoms with E-state index in [2.05, 4.69) is 16.7 Å². The van der Waals surface area contributed by atoms with Crippen LogP contribution in [0.1, 0.15) is 18.4 Å². The van der Waals surface area contributed by atoms with Crippen molar-refractivity contribution in [2.45, 2.75) is 31.4 Å². The van der Waals surface area contributed by atoms with Gasteiger partial charge in [0.15, 0.2) is 0 Å². The molecule has 4 nitrogen and oxygen atoms in total. The molecule has 1 heterocycles. The number of amides is 1. The third-order valence-electron chi connectivity index (χ3n) is 3.37. The Morgan fingerprint density at radius 1 is 1.33 bits per heavy atom. The lowest BCUT2D eigenvalue weighted by atomic mass is 10.1. The van der Waals surface area contributed by atoms with E-state index < -0.39 is 0 Å². The molecule has 4 heteroatoms. The number of carbonyl (C=O) groups is 1. The Kier molecular flexibility index (Phi) is 3.19. The number of rotatable bonds is 5. The van der Waals surface area contributed by atoms with Gasteiger partial charge in [-0.2, -0.15) is 0 Å². The van der Waals surface area contributed by atoms with Crippen LogP contribution in [-0.2, 0) is 11.2 Å². The lowest BCUT2D eigenvalue weighted by Gasteiger charge is -2.12. The minimum absolute atomic E-state index is 0.0569. The first kappa shape index (κ1) is 11.5. The van der Waals surface area contributed by atoms with Crippen molar-refractivity contribution in [3.05, 3.63) is 29.8 Å². The van der Waals surface area contributed by atoms with E-state index in [9.17, 15) is 4.79 Å². The van der Waals surface area contributed by atoms with Gasteiger partial charge in [0.05, 0.1) is 13.1 Å². The predicted octanol–water partition coefficient (Wildman–Crippen LogP) is 0.858. The summed E-state index contributed by atoms with van der Waals surface area (Å²) in [7, 11) is 0. The lowest BCUT2D eigenvalue weighted by Crippen LogP contribution is -2.39. The van der Waals surface area contributed by atoms with Crippen molar-refractivity contribution < 1.29 is 9.53 Å². The van der Waals surface area contributed by atoms with Crippen molar-refractivity contribution in [1.29, 1.82) is 0 Å². The van der Waals surface area contributed by atoms with E-state index in [0.717, 1.165) is 12.2 Å². The Labute approximate surface area is 107 Å². The summed E-state index contributed by atoms with van der Waals surface area (Å²) in [5, 5.41) is 6.11. The summed E-state index contributed by atoms with van der Waals surface area (Å²) in [6, 6.07) is 8.61. The van der Waals surface area contributed by atoms with Crippen molar-refractivity contribution in [2.75, 3.05) is 13.1 Å². The van der Waals surface area contributed by atoms with Crippen molar-refractivity contribution in [1.82, 2.24) is 10.6 Å². The van der Waals surface area contributed by atoms with Gasteiger partial charge in [-0.1, -0.05) is 18.2 Å². The Balaban J connectivity index is 1.40. The molecule has 2 aliphatic rings. The number of hydrogen-bond acceptors (Lipinski definition) is 3. The van der Waals surface area contributed by atoms with E-state index in [0.29, 0.717) is 19.1 Å². The van der Waals surface area contributed by atoms with E-state index in [1.807, 2.05) is 18.2 Å². The van der Waals surface area contributed by atoms with E-state index in [1.54, 1.807) is 0 Å². The van der Waals surface area contributed by atoms with Gasteiger partial charge in [-0.05, 0) is 24.5 Å². The molecular formula is C14H18N2O2. The van der Waals surface area contributed by atoms with E-state index in [1.165, 1.54) is 18.4 Å². The van der Waals surface area contributed by atoms with Gasteiger partial charge < -0.3 is 15.4 Å². The number of benzene rings is 1. The summed E-state index contributed by atoms with van der Waals surface area (Å²) in [6.45, 7) is 1.00. The zero-order valence-electron chi connectivity index (χ0n) is 10.3. The molecule has 1 atom stereocenters. The maximum absolute atomic E-state index is 11.6. The molecule has 0 saturated heterocycles. The average molecular weight is 246 g/mol. The van der Waals surface area contributed by atoms with Crippen LogP contribution < -0.4 is 15.4 Å². The highest BCUT2D eigenvalue weighted by Crippen LogP contribution is 2.27. The number of carbonyl (C=O) groups excluding carboxylic acids is 1.